The molecule has 0 saturated heterocycles. The van der Waals surface area contributed by atoms with Crippen molar-refractivity contribution in [2.75, 3.05) is 5.01 Å². The summed E-state index contributed by atoms with van der Waals surface area (Å²) in [6.07, 6.45) is 5.57. The van der Waals surface area contributed by atoms with E-state index in [1.165, 1.54) is 22.5 Å². The highest BCUT2D eigenvalue weighted by molar-refractivity contribution is 6.04. The maximum absolute atomic E-state index is 12.2. The Balaban J connectivity index is 1.28. The van der Waals surface area contributed by atoms with Gasteiger partial charge in [0.1, 0.15) is 0 Å². The number of benzene rings is 4. The van der Waals surface area contributed by atoms with Gasteiger partial charge in [-0.05, 0) is 51.7 Å². The lowest BCUT2D eigenvalue weighted by atomic mass is 9.94. The fourth-order valence-electron chi connectivity index (χ4n) is 4.78. The van der Waals surface area contributed by atoms with Crippen LogP contribution < -0.4 is 10.4 Å². The van der Waals surface area contributed by atoms with E-state index >= 15 is 0 Å². The van der Waals surface area contributed by atoms with Crippen LogP contribution in [-0.4, -0.2) is 22.8 Å². The van der Waals surface area contributed by atoms with Crippen LogP contribution in [0.4, 0.5) is 5.69 Å². The second kappa shape index (κ2) is 10.5. The molecule has 1 aliphatic heterocycles. The third-order valence-electron chi connectivity index (χ3n) is 6.66. The van der Waals surface area contributed by atoms with Gasteiger partial charge in [-0.25, -0.2) is 5.43 Å². The van der Waals surface area contributed by atoms with Gasteiger partial charge < -0.3 is 0 Å². The molecule has 1 aromatic heterocycles. The summed E-state index contributed by atoms with van der Waals surface area (Å²) < 4.78 is 0. The number of carbonyl (C=O) groups is 1. The van der Waals surface area contributed by atoms with Crippen molar-refractivity contribution in [1.82, 2.24) is 10.4 Å². The molecule has 0 aliphatic carbocycles. The lowest BCUT2D eigenvalue weighted by molar-refractivity contribution is 0.0955. The van der Waals surface area contributed by atoms with Gasteiger partial charge in [0.25, 0.3) is 5.91 Å². The van der Waals surface area contributed by atoms with Gasteiger partial charge in [-0.1, -0.05) is 84.9 Å². The molecular formula is C32H25N5O. The van der Waals surface area contributed by atoms with Crippen LogP contribution in [0.15, 0.2) is 132 Å². The van der Waals surface area contributed by atoms with E-state index in [1.54, 1.807) is 24.5 Å². The van der Waals surface area contributed by atoms with Crippen LogP contribution in [0.2, 0.25) is 0 Å². The summed E-state index contributed by atoms with van der Waals surface area (Å²) in [4.78, 5) is 16.1. The third-order valence-corrected chi connectivity index (χ3v) is 6.66. The normalized spacial score (nSPS) is 15.1. The van der Waals surface area contributed by atoms with Crippen molar-refractivity contribution in [3.63, 3.8) is 0 Å². The van der Waals surface area contributed by atoms with Gasteiger partial charge in [-0.15, -0.1) is 0 Å². The minimum atomic E-state index is -0.302. The van der Waals surface area contributed by atoms with Crippen molar-refractivity contribution in [3.05, 3.63) is 144 Å². The first-order valence-electron chi connectivity index (χ1n) is 12.5. The molecular weight excluding hydrogens is 470 g/mol. The molecule has 0 saturated carbocycles. The minimum Gasteiger partial charge on any atom is -0.267 e. The second-order valence-corrected chi connectivity index (χ2v) is 9.08. The number of hydrogen-bond acceptors (Lipinski definition) is 5. The molecule has 0 spiro atoms. The number of rotatable bonds is 6. The van der Waals surface area contributed by atoms with Gasteiger partial charge in [0.2, 0.25) is 0 Å². The predicted molar refractivity (Wildman–Crippen MR) is 153 cm³/mol. The van der Waals surface area contributed by atoms with Crippen molar-refractivity contribution in [2.24, 2.45) is 10.2 Å². The SMILES string of the molecule is O=C(N/N=C\c1ccc(N2N=C(c3ccccc3)C[C@H]2c2cccc3ccccc23)cc1)c1cccnc1. The molecule has 4 aromatic carbocycles. The summed E-state index contributed by atoms with van der Waals surface area (Å²) in [5.41, 5.74) is 8.31. The van der Waals surface area contributed by atoms with E-state index in [1.807, 2.05) is 30.3 Å². The summed E-state index contributed by atoms with van der Waals surface area (Å²) in [5, 5.41) is 13.8. The number of pyridine rings is 1. The Hall–Kier alpha value is -5.10. The molecule has 1 N–H and O–H groups in total. The average molecular weight is 496 g/mol. The van der Waals surface area contributed by atoms with Crippen LogP contribution in [0.25, 0.3) is 10.8 Å². The number of carbonyl (C=O) groups excluding carboxylic acids is 1. The van der Waals surface area contributed by atoms with Gasteiger partial charge in [0.05, 0.1) is 29.2 Å². The van der Waals surface area contributed by atoms with Crippen LogP contribution >= 0.6 is 0 Å². The molecule has 6 rings (SSSR count). The van der Waals surface area contributed by atoms with Crippen LogP contribution in [0.5, 0.6) is 0 Å². The molecule has 0 unspecified atom stereocenters. The molecule has 1 atom stereocenters. The summed E-state index contributed by atoms with van der Waals surface area (Å²) in [6.45, 7) is 0. The van der Waals surface area contributed by atoms with Crippen LogP contribution in [-0.2, 0) is 0 Å². The zero-order valence-electron chi connectivity index (χ0n) is 20.6. The molecule has 1 amide bonds. The van der Waals surface area contributed by atoms with Crippen molar-refractivity contribution in [1.29, 1.82) is 0 Å². The number of fused-ring (bicyclic) bond motifs is 1. The highest BCUT2D eigenvalue weighted by Crippen LogP contribution is 2.39. The van der Waals surface area contributed by atoms with E-state index < -0.39 is 0 Å². The number of anilines is 1. The molecule has 0 fully saturated rings. The van der Waals surface area contributed by atoms with E-state index in [9.17, 15) is 4.79 Å². The molecule has 184 valence electrons. The largest absolute Gasteiger partial charge is 0.272 e. The van der Waals surface area contributed by atoms with E-state index in [2.05, 4.69) is 87.3 Å². The quantitative estimate of drug-likeness (QED) is 0.220. The molecule has 5 aromatic rings. The highest BCUT2D eigenvalue weighted by atomic mass is 16.2. The van der Waals surface area contributed by atoms with Gasteiger partial charge >= 0.3 is 0 Å². The summed E-state index contributed by atoms with van der Waals surface area (Å²) in [5.74, 6) is -0.302. The number of amides is 1. The summed E-state index contributed by atoms with van der Waals surface area (Å²) in [6, 6.07) is 36.8. The Morgan fingerprint density at radius 3 is 2.47 bits per heavy atom. The van der Waals surface area contributed by atoms with Gasteiger partial charge in [-0.3, -0.25) is 14.8 Å². The fourth-order valence-corrected chi connectivity index (χ4v) is 4.78. The van der Waals surface area contributed by atoms with Crippen molar-refractivity contribution in [2.45, 2.75) is 12.5 Å². The molecule has 6 heteroatoms. The van der Waals surface area contributed by atoms with E-state index in [0.717, 1.165) is 28.9 Å². The summed E-state index contributed by atoms with van der Waals surface area (Å²) >= 11 is 0. The lowest BCUT2D eigenvalue weighted by Crippen LogP contribution is -2.19. The Bertz CT molecular complexity index is 1620. The average Bonchev–Trinajstić information content (AvgIpc) is 3.43. The summed E-state index contributed by atoms with van der Waals surface area (Å²) in [7, 11) is 0. The Morgan fingerprint density at radius 1 is 0.868 bits per heavy atom. The van der Waals surface area contributed by atoms with Crippen LogP contribution in [0.1, 0.15) is 39.5 Å². The first-order valence-corrected chi connectivity index (χ1v) is 12.5. The standard InChI is InChI=1S/C32H25N5O/c38-32(26-12-7-19-33-22-26)35-34-21-23-15-17-27(18-16-23)37-31(20-30(36-37)25-9-2-1-3-10-25)29-14-6-11-24-8-4-5-13-28(24)29/h1-19,21-22,31H,20H2,(H,35,38)/b34-21-/t31-/m0/s1. The molecule has 1 aliphatic rings. The van der Waals surface area contributed by atoms with Crippen molar-refractivity contribution >= 4 is 34.3 Å². The maximum Gasteiger partial charge on any atom is 0.272 e. The second-order valence-electron chi connectivity index (χ2n) is 9.08. The minimum absolute atomic E-state index is 0.0644. The zero-order valence-corrected chi connectivity index (χ0v) is 20.6. The Morgan fingerprint density at radius 2 is 1.66 bits per heavy atom. The van der Waals surface area contributed by atoms with Crippen molar-refractivity contribution in [3.8, 4) is 0 Å². The third kappa shape index (κ3) is 4.80. The number of hydrogen-bond donors (Lipinski definition) is 1. The number of nitrogens with zero attached hydrogens (tertiary/aromatic N) is 4. The Labute approximate surface area is 221 Å². The number of nitrogens with one attached hydrogen (secondary N) is 1. The van der Waals surface area contributed by atoms with Crippen LogP contribution in [0, 0.1) is 0 Å². The smallest absolute Gasteiger partial charge is 0.267 e. The first kappa shape index (κ1) is 23.3. The van der Waals surface area contributed by atoms with E-state index in [0.29, 0.717) is 5.56 Å². The van der Waals surface area contributed by atoms with E-state index in [-0.39, 0.29) is 11.9 Å². The topological polar surface area (TPSA) is 70.0 Å². The molecule has 0 bridgehead atoms. The fraction of sp³-hybridized carbons (Fsp3) is 0.0625. The number of hydrazone groups is 2. The molecule has 38 heavy (non-hydrogen) atoms. The predicted octanol–water partition coefficient (Wildman–Crippen LogP) is 6.35. The highest BCUT2D eigenvalue weighted by Gasteiger charge is 2.30. The zero-order chi connectivity index (χ0) is 25.7. The van der Waals surface area contributed by atoms with Gasteiger partial charge in [0.15, 0.2) is 0 Å². The number of aromatic nitrogens is 1. The van der Waals surface area contributed by atoms with Crippen molar-refractivity contribution < 1.29 is 4.79 Å². The van der Waals surface area contributed by atoms with Gasteiger partial charge in [0, 0.05) is 18.8 Å². The molecule has 0 radical (unpaired) electrons. The molecule has 6 nitrogen and oxygen atoms in total. The van der Waals surface area contributed by atoms with Gasteiger partial charge in [-0.2, -0.15) is 10.2 Å². The lowest BCUT2D eigenvalue weighted by Gasteiger charge is -2.25. The first-order chi connectivity index (χ1) is 18.8. The van der Waals surface area contributed by atoms with E-state index in [4.69, 9.17) is 5.10 Å². The monoisotopic (exact) mass is 495 g/mol. The Kier molecular flexibility index (Phi) is 6.43. The van der Waals surface area contributed by atoms with Crippen LogP contribution in [0.3, 0.4) is 0 Å². The molecule has 2 heterocycles. The maximum atomic E-state index is 12.2.